The molecule has 0 saturated carbocycles. The highest BCUT2D eigenvalue weighted by molar-refractivity contribution is 7.80. The van der Waals surface area contributed by atoms with Crippen LogP contribution >= 0.6 is 23.8 Å². The molecule has 16 heavy (non-hydrogen) atoms. The molecule has 2 N–H and O–H groups in total. The van der Waals surface area contributed by atoms with Crippen LogP contribution in [-0.4, -0.2) is 37.1 Å². The van der Waals surface area contributed by atoms with Gasteiger partial charge in [-0.05, 0) is 26.2 Å². The normalized spacial score (nSPS) is 10.5. The van der Waals surface area contributed by atoms with E-state index in [-0.39, 0.29) is 4.99 Å². The summed E-state index contributed by atoms with van der Waals surface area (Å²) in [6, 6.07) is 5.37. The van der Waals surface area contributed by atoms with Crippen molar-refractivity contribution >= 4 is 28.8 Å². The average Bonchev–Trinajstić information content (AvgIpc) is 2.16. The zero-order chi connectivity index (χ0) is 12.1. The molecule has 1 rings (SSSR count). The summed E-state index contributed by atoms with van der Waals surface area (Å²) in [5.41, 5.74) is 6.21. The Kier molecular flexibility index (Phi) is 4.99. The van der Waals surface area contributed by atoms with Crippen LogP contribution in [0, 0.1) is 0 Å². The van der Waals surface area contributed by atoms with Gasteiger partial charge < -0.3 is 15.4 Å². The van der Waals surface area contributed by atoms with Crippen LogP contribution in [0.2, 0.25) is 5.02 Å². The third kappa shape index (κ3) is 3.63. The van der Waals surface area contributed by atoms with Gasteiger partial charge >= 0.3 is 0 Å². The zero-order valence-electron chi connectivity index (χ0n) is 9.37. The number of benzene rings is 1. The monoisotopic (exact) mass is 258 g/mol. The minimum Gasteiger partial charge on any atom is -0.491 e. The number of likely N-dealkylation sites (N-methyl/N-ethyl adjacent to an activating group) is 1. The van der Waals surface area contributed by atoms with Gasteiger partial charge in [0.05, 0.1) is 10.6 Å². The second kappa shape index (κ2) is 6.03. The summed E-state index contributed by atoms with van der Waals surface area (Å²) in [4.78, 5) is 2.29. The fraction of sp³-hybridized carbons (Fsp3) is 0.364. The molecule has 0 unspecified atom stereocenters. The van der Waals surface area contributed by atoms with Crippen LogP contribution in [-0.2, 0) is 0 Å². The first kappa shape index (κ1) is 13.2. The van der Waals surface area contributed by atoms with Crippen LogP contribution < -0.4 is 10.5 Å². The van der Waals surface area contributed by atoms with Gasteiger partial charge in [0.25, 0.3) is 0 Å². The Morgan fingerprint density at radius 3 is 2.75 bits per heavy atom. The Hall–Kier alpha value is -0.840. The number of nitrogens with zero attached hydrogens (tertiary/aromatic N) is 1. The molecule has 0 spiro atoms. The number of hydrogen-bond donors (Lipinski definition) is 1. The van der Waals surface area contributed by atoms with E-state index >= 15 is 0 Å². The molecule has 0 aliphatic carbocycles. The van der Waals surface area contributed by atoms with E-state index < -0.39 is 0 Å². The molecule has 0 aliphatic heterocycles. The van der Waals surface area contributed by atoms with E-state index in [1.807, 2.05) is 31.1 Å². The molecule has 0 saturated heterocycles. The molecule has 0 fully saturated rings. The number of nitrogens with two attached hydrogens (primary N) is 1. The van der Waals surface area contributed by atoms with E-state index in [0.717, 1.165) is 6.54 Å². The van der Waals surface area contributed by atoms with Gasteiger partial charge in [-0.25, -0.2) is 0 Å². The molecule has 3 nitrogen and oxygen atoms in total. The Balaban J connectivity index is 2.79. The fourth-order valence-corrected chi connectivity index (χ4v) is 1.74. The van der Waals surface area contributed by atoms with Gasteiger partial charge in [0.15, 0.2) is 0 Å². The molecule has 0 bridgehead atoms. The lowest BCUT2D eigenvalue weighted by Crippen LogP contribution is -2.20. The van der Waals surface area contributed by atoms with E-state index in [1.54, 1.807) is 6.07 Å². The fourth-order valence-electron chi connectivity index (χ4n) is 1.20. The number of thiocarbonyl (C=S) groups is 1. The van der Waals surface area contributed by atoms with Gasteiger partial charge in [-0.15, -0.1) is 0 Å². The van der Waals surface area contributed by atoms with E-state index in [1.165, 1.54) is 0 Å². The van der Waals surface area contributed by atoms with Crippen LogP contribution in [0.5, 0.6) is 5.75 Å². The number of ether oxygens (including phenoxy) is 1. The second-order valence-electron chi connectivity index (χ2n) is 3.63. The highest BCUT2D eigenvalue weighted by Crippen LogP contribution is 2.26. The van der Waals surface area contributed by atoms with Gasteiger partial charge in [0.1, 0.15) is 17.3 Å². The maximum absolute atomic E-state index is 6.01. The summed E-state index contributed by atoms with van der Waals surface area (Å²) < 4.78 is 5.60. The molecule has 0 radical (unpaired) electrons. The molecular weight excluding hydrogens is 244 g/mol. The van der Waals surface area contributed by atoms with Crippen molar-refractivity contribution in [2.24, 2.45) is 5.73 Å². The standard InChI is InChI=1S/C11H15ClN2OS/c1-14(2)6-7-15-9-5-3-4-8(12)10(9)11(13)16/h3-5H,6-7H2,1-2H3,(H2,13,16). The largest absolute Gasteiger partial charge is 0.491 e. The van der Waals surface area contributed by atoms with Crippen molar-refractivity contribution in [2.45, 2.75) is 0 Å². The minimum atomic E-state index is 0.255. The molecular formula is C11H15ClN2OS. The summed E-state index contributed by atoms with van der Waals surface area (Å²) in [7, 11) is 3.96. The lowest BCUT2D eigenvalue weighted by Gasteiger charge is -2.14. The summed E-state index contributed by atoms with van der Waals surface area (Å²) in [5.74, 6) is 0.641. The van der Waals surface area contributed by atoms with Crippen molar-refractivity contribution < 1.29 is 4.74 Å². The number of rotatable bonds is 5. The average molecular weight is 259 g/mol. The smallest absolute Gasteiger partial charge is 0.131 e. The first-order chi connectivity index (χ1) is 7.52. The van der Waals surface area contributed by atoms with E-state index in [0.29, 0.717) is 22.9 Å². The Morgan fingerprint density at radius 2 is 2.19 bits per heavy atom. The SMILES string of the molecule is CN(C)CCOc1cccc(Cl)c1C(N)=S. The molecule has 1 aromatic rings. The van der Waals surface area contributed by atoms with Crippen molar-refractivity contribution in [3.63, 3.8) is 0 Å². The Bertz CT molecular complexity index is 382. The predicted molar refractivity (Wildman–Crippen MR) is 71.4 cm³/mol. The number of halogens is 1. The van der Waals surface area contributed by atoms with Crippen LogP contribution in [0.1, 0.15) is 5.56 Å². The van der Waals surface area contributed by atoms with E-state index in [9.17, 15) is 0 Å². The zero-order valence-corrected chi connectivity index (χ0v) is 10.9. The van der Waals surface area contributed by atoms with Crippen molar-refractivity contribution in [1.82, 2.24) is 4.90 Å². The maximum atomic E-state index is 6.01. The first-order valence-electron chi connectivity index (χ1n) is 4.88. The van der Waals surface area contributed by atoms with Crippen LogP contribution in [0.4, 0.5) is 0 Å². The quantitative estimate of drug-likeness (QED) is 0.819. The first-order valence-corrected chi connectivity index (χ1v) is 5.67. The molecule has 0 aliphatic rings. The molecule has 0 amide bonds. The molecule has 0 heterocycles. The van der Waals surface area contributed by atoms with Gasteiger partial charge in [0.2, 0.25) is 0 Å². The van der Waals surface area contributed by atoms with Crippen molar-refractivity contribution in [1.29, 1.82) is 0 Å². The van der Waals surface area contributed by atoms with Crippen molar-refractivity contribution in [2.75, 3.05) is 27.2 Å². The van der Waals surface area contributed by atoms with Crippen LogP contribution in [0.25, 0.3) is 0 Å². The summed E-state index contributed by atoms with van der Waals surface area (Å²) in [6.07, 6.45) is 0. The van der Waals surface area contributed by atoms with Gasteiger partial charge in [-0.2, -0.15) is 0 Å². The van der Waals surface area contributed by atoms with Gasteiger partial charge in [0, 0.05) is 6.54 Å². The van der Waals surface area contributed by atoms with Crippen molar-refractivity contribution in [3.05, 3.63) is 28.8 Å². The Labute approximate surface area is 106 Å². The highest BCUT2D eigenvalue weighted by atomic mass is 35.5. The lowest BCUT2D eigenvalue weighted by molar-refractivity contribution is 0.261. The number of hydrogen-bond acceptors (Lipinski definition) is 3. The van der Waals surface area contributed by atoms with Gasteiger partial charge in [-0.1, -0.05) is 29.9 Å². The third-order valence-corrected chi connectivity index (χ3v) is 2.54. The highest BCUT2D eigenvalue weighted by Gasteiger charge is 2.10. The third-order valence-electron chi connectivity index (χ3n) is 2.02. The van der Waals surface area contributed by atoms with Crippen LogP contribution in [0.15, 0.2) is 18.2 Å². The summed E-state index contributed by atoms with van der Waals surface area (Å²) in [5, 5.41) is 0.523. The van der Waals surface area contributed by atoms with E-state index in [4.69, 9.17) is 34.3 Å². The molecule has 0 atom stereocenters. The van der Waals surface area contributed by atoms with E-state index in [2.05, 4.69) is 0 Å². The van der Waals surface area contributed by atoms with Crippen molar-refractivity contribution in [3.8, 4) is 5.75 Å². The molecule has 0 aromatic heterocycles. The molecule has 5 heteroatoms. The predicted octanol–water partition coefficient (Wildman–Crippen LogP) is 1.91. The van der Waals surface area contributed by atoms with Gasteiger partial charge in [-0.3, -0.25) is 0 Å². The molecule has 1 aromatic carbocycles. The second-order valence-corrected chi connectivity index (χ2v) is 4.48. The summed E-state index contributed by atoms with van der Waals surface area (Å²) in [6.45, 7) is 1.40. The Morgan fingerprint density at radius 1 is 1.50 bits per heavy atom. The maximum Gasteiger partial charge on any atom is 0.131 e. The summed E-state index contributed by atoms with van der Waals surface area (Å²) >= 11 is 10.9. The lowest BCUT2D eigenvalue weighted by atomic mass is 10.2. The molecule has 88 valence electrons. The van der Waals surface area contributed by atoms with Crippen LogP contribution in [0.3, 0.4) is 0 Å². The topological polar surface area (TPSA) is 38.5 Å². The minimum absolute atomic E-state index is 0.255.